The lowest BCUT2D eigenvalue weighted by Crippen LogP contribution is -2.55. The topological polar surface area (TPSA) is 58.6 Å². The minimum atomic E-state index is -0.618. The fourth-order valence-corrected chi connectivity index (χ4v) is 4.56. The highest BCUT2D eigenvalue weighted by atomic mass is 16.6. The van der Waals surface area contributed by atoms with Crippen molar-refractivity contribution in [1.29, 1.82) is 0 Å². The van der Waals surface area contributed by atoms with Crippen LogP contribution in [0.1, 0.15) is 24.0 Å². The molecule has 144 valence electrons. The maximum atomic E-state index is 13.1. The van der Waals surface area contributed by atoms with Crippen LogP contribution in [0.5, 0.6) is 0 Å². The second-order valence-electron chi connectivity index (χ2n) is 7.34. The summed E-state index contributed by atoms with van der Waals surface area (Å²) < 4.78 is 5.61. The van der Waals surface area contributed by atoms with E-state index in [0.717, 1.165) is 42.7 Å². The van der Waals surface area contributed by atoms with E-state index in [2.05, 4.69) is 11.9 Å². The van der Waals surface area contributed by atoms with Crippen LogP contribution in [-0.2, 0) is 21.6 Å². The van der Waals surface area contributed by atoms with Crippen LogP contribution < -0.4 is 10.2 Å². The van der Waals surface area contributed by atoms with E-state index in [1.54, 1.807) is 4.90 Å². The molecule has 2 aromatic rings. The van der Waals surface area contributed by atoms with Gasteiger partial charge in [-0.2, -0.15) is 0 Å². The van der Waals surface area contributed by atoms with Crippen LogP contribution in [0.25, 0.3) is 0 Å². The molecule has 0 aromatic heterocycles. The number of anilines is 1. The number of para-hydroxylation sites is 1. The minimum Gasteiger partial charge on any atom is -0.444 e. The van der Waals surface area contributed by atoms with E-state index in [-0.39, 0.29) is 12.4 Å². The van der Waals surface area contributed by atoms with Crippen molar-refractivity contribution in [1.82, 2.24) is 5.32 Å². The van der Waals surface area contributed by atoms with Gasteiger partial charge in [-0.15, -0.1) is 0 Å². The Balaban J connectivity index is 1.70. The maximum Gasteiger partial charge on any atom is 0.415 e. The lowest BCUT2D eigenvalue weighted by Gasteiger charge is -2.40. The van der Waals surface area contributed by atoms with Crippen molar-refractivity contribution in [3.05, 3.63) is 78.4 Å². The van der Waals surface area contributed by atoms with Crippen LogP contribution in [0.2, 0.25) is 0 Å². The van der Waals surface area contributed by atoms with Gasteiger partial charge in [0.25, 0.3) is 0 Å². The van der Waals surface area contributed by atoms with Gasteiger partial charge >= 0.3 is 6.09 Å². The van der Waals surface area contributed by atoms with Gasteiger partial charge in [0.2, 0.25) is 0 Å². The van der Waals surface area contributed by atoms with Gasteiger partial charge in [0.1, 0.15) is 12.6 Å². The lowest BCUT2D eigenvalue weighted by molar-refractivity contribution is -0.117. The number of piperidine rings is 1. The van der Waals surface area contributed by atoms with Crippen molar-refractivity contribution in [3.8, 4) is 0 Å². The molecule has 1 fully saturated rings. The third-order valence-electron chi connectivity index (χ3n) is 5.85. The zero-order valence-corrected chi connectivity index (χ0v) is 15.8. The number of ether oxygens (including phenoxy) is 1. The molecule has 0 radical (unpaired) electrons. The van der Waals surface area contributed by atoms with Crippen LogP contribution in [0.15, 0.2) is 67.3 Å². The van der Waals surface area contributed by atoms with Crippen molar-refractivity contribution < 1.29 is 14.3 Å². The number of carbonyl (C=O) groups is 2. The van der Waals surface area contributed by atoms with Crippen LogP contribution in [-0.4, -0.2) is 31.0 Å². The molecule has 4 rings (SSSR count). The van der Waals surface area contributed by atoms with Crippen LogP contribution in [0.3, 0.4) is 0 Å². The lowest BCUT2D eigenvalue weighted by atomic mass is 9.68. The summed E-state index contributed by atoms with van der Waals surface area (Å²) in [6.45, 7) is 5.47. The molecule has 1 amide bonds. The number of nitrogens with one attached hydrogen (secondary N) is 1. The Kier molecular flexibility index (Phi) is 5.01. The van der Waals surface area contributed by atoms with Crippen molar-refractivity contribution >= 4 is 17.6 Å². The van der Waals surface area contributed by atoms with Crippen LogP contribution in [0, 0.1) is 0 Å². The first kappa shape index (κ1) is 18.4. The van der Waals surface area contributed by atoms with Gasteiger partial charge < -0.3 is 10.1 Å². The van der Waals surface area contributed by atoms with Crippen molar-refractivity contribution in [2.24, 2.45) is 0 Å². The Hall–Kier alpha value is -2.92. The van der Waals surface area contributed by atoms with Crippen LogP contribution >= 0.6 is 0 Å². The van der Waals surface area contributed by atoms with Gasteiger partial charge in [-0.3, -0.25) is 9.69 Å². The van der Waals surface area contributed by atoms with E-state index in [9.17, 15) is 9.59 Å². The quantitative estimate of drug-likeness (QED) is 0.829. The highest BCUT2D eigenvalue weighted by Gasteiger charge is 2.55. The molecule has 2 heterocycles. The largest absolute Gasteiger partial charge is 0.444 e. The van der Waals surface area contributed by atoms with Gasteiger partial charge in [-0.1, -0.05) is 55.1 Å². The molecule has 1 spiro atoms. The maximum absolute atomic E-state index is 13.1. The number of nitrogens with zero attached hydrogens (tertiary/aromatic N) is 1. The smallest absolute Gasteiger partial charge is 0.415 e. The Morgan fingerprint density at radius 1 is 1.11 bits per heavy atom. The Morgan fingerprint density at radius 2 is 1.79 bits per heavy atom. The number of rotatable bonds is 4. The number of hydrogen-bond acceptors (Lipinski definition) is 4. The van der Waals surface area contributed by atoms with E-state index in [0.29, 0.717) is 0 Å². The van der Waals surface area contributed by atoms with Gasteiger partial charge in [0.15, 0.2) is 5.78 Å². The SMILES string of the molecule is C=CC(=O)C1N(C(=O)OCc2ccccc2)c2ccccc2C12CCNCC2. The molecule has 0 aliphatic carbocycles. The fraction of sp³-hybridized carbons (Fsp3) is 0.304. The van der Waals surface area contributed by atoms with Gasteiger partial charge in [-0.05, 0) is 49.2 Å². The van der Waals surface area contributed by atoms with E-state index >= 15 is 0 Å². The van der Waals surface area contributed by atoms with E-state index in [1.807, 2.05) is 54.6 Å². The molecule has 0 saturated carbocycles. The molecular weight excluding hydrogens is 352 g/mol. The summed E-state index contributed by atoms with van der Waals surface area (Å²) in [5, 5.41) is 3.36. The first-order valence-corrected chi connectivity index (χ1v) is 9.64. The average Bonchev–Trinajstić information content (AvgIpc) is 3.03. The van der Waals surface area contributed by atoms with E-state index in [4.69, 9.17) is 4.74 Å². The summed E-state index contributed by atoms with van der Waals surface area (Å²) in [4.78, 5) is 27.6. The molecule has 1 saturated heterocycles. The number of fused-ring (bicyclic) bond motifs is 2. The van der Waals surface area contributed by atoms with Gasteiger partial charge in [0, 0.05) is 5.41 Å². The third-order valence-corrected chi connectivity index (χ3v) is 5.85. The second kappa shape index (κ2) is 7.60. The predicted octanol–water partition coefficient (Wildman–Crippen LogP) is 3.59. The Bertz CT molecular complexity index is 888. The summed E-state index contributed by atoms with van der Waals surface area (Å²) in [5.41, 5.74) is 2.32. The average molecular weight is 376 g/mol. The summed E-state index contributed by atoms with van der Waals surface area (Å²) >= 11 is 0. The summed E-state index contributed by atoms with van der Waals surface area (Å²) in [6.07, 6.45) is 2.41. The molecule has 1 N–H and O–H groups in total. The molecule has 1 unspecified atom stereocenters. The number of hydrogen-bond donors (Lipinski definition) is 1. The summed E-state index contributed by atoms with van der Waals surface area (Å²) in [5.74, 6) is -0.144. The minimum absolute atomic E-state index is 0.144. The molecule has 5 nitrogen and oxygen atoms in total. The normalized spacial score (nSPS) is 19.9. The van der Waals surface area contributed by atoms with E-state index in [1.165, 1.54) is 6.08 Å². The molecule has 2 aliphatic rings. The zero-order chi connectivity index (χ0) is 19.6. The van der Waals surface area contributed by atoms with Gasteiger partial charge in [-0.25, -0.2) is 4.79 Å². The number of benzene rings is 2. The molecule has 2 aromatic carbocycles. The highest BCUT2D eigenvalue weighted by Crippen LogP contribution is 2.51. The monoisotopic (exact) mass is 376 g/mol. The first-order valence-electron chi connectivity index (χ1n) is 9.64. The first-order chi connectivity index (χ1) is 13.7. The molecule has 2 aliphatic heterocycles. The van der Waals surface area contributed by atoms with Crippen LogP contribution in [0.4, 0.5) is 10.5 Å². The molecule has 5 heteroatoms. The molecule has 1 atom stereocenters. The van der Waals surface area contributed by atoms with Crippen molar-refractivity contribution in [2.75, 3.05) is 18.0 Å². The van der Waals surface area contributed by atoms with Crippen molar-refractivity contribution in [3.63, 3.8) is 0 Å². The number of carbonyl (C=O) groups excluding carboxylic acids is 2. The zero-order valence-electron chi connectivity index (χ0n) is 15.8. The number of amides is 1. The number of ketones is 1. The Labute approximate surface area is 165 Å². The molecule has 0 bridgehead atoms. The predicted molar refractivity (Wildman–Crippen MR) is 108 cm³/mol. The summed E-state index contributed by atoms with van der Waals surface area (Å²) in [6, 6.07) is 16.7. The standard InChI is InChI=1S/C23H24N2O3/c1-2-20(26)21-23(12-14-24-15-13-23)18-10-6-7-11-19(18)25(21)22(27)28-16-17-8-4-3-5-9-17/h2-11,21,24H,1,12-16H2. The molecular formula is C23H24N2O3. The van der Waals surface area contributed by atoms with Crippen molar-refractivity contribution in [2.45, 2.75) is 30.9 Å². The van der Waals surface area contributed by atoms with E-state index < -0.39 is 17.6 Å². The van der Waals surface area contributed by atoms with Gasteiger partial charge in [0.05, 0.1) is 5.69 Å². The molecule has 28 heavy (non-hydrogen) atoms. The Morgan fingerprint density at radius 3 is 2.50 bits per heavy atom. The third kappa shape index (κ3) is 3.02. The second-order valence-corrected chi connectivity index (χ2v) is 7.34. The summed E-state index contributed by atoms with van der Waals surface area (Å²) in [7, 11) is 0. The highest BCUT2D eigenvalue weighted by molar-refractivity contribution is 6.07. The fourth-order valence-electron chi connectivity index (χ4n) is 4.56.